The second-order valence-corrected chi connectivity index (χ2v) is 5.75. The van der Waals surface area contributed by atoms with Gasteiger partial charge in [0.25, 0.3) is 0 Å². The Morgan fingerprint density at radius 1 is 1.23 bits per heavy atom. The third-order valence-electron chi connectivity index (χ3n) is 3.15. The fourth-order valence-corrected chi connectivity index (χ4v) is 2.09. The fourth-order valence-electron chi connectivity index (χ4n) is 2.09. The van der Waals surface area contributed by atoms with Crippen LogP contribution < -0.4 is 11.1 Å². The third kappa shape index (κ3) is 10.0. The lowest BCUT2D eigenvalue weighted by molar-refractivity contribution is -0.122. The fraction of sp³-hybridized carbons (Fsp3) is 0.562. The van der Waals surface area contributed by atoms with E-state index in [1.54, 1.807) is 0 Å². The van der Waals surface area contributed by atoms with Crippen LogP contribution in [0.1, 0.15) is 25.8 Å². The first kappa shape index (κ1) is 23.5. The summed E-state index contributed by atoms with van der Waals surface area (Å²) in [4.78, 5) is 13.9. The number of hydrogen-bond donors (Lipinski definition) is 2. The van der Waals surface area contributed by atoms with Crippen molar-refractivity contribution in [3.8, 4) is 0 Å². The first-order chi connectivity index (χ1) is 9.49. The highest BCUT2D eigenvalue weighted by Gasteiger charge is 2.14. The summed E-state index contributed by atoms with van der Waals surface area (Å²) in [5.74, 6) is 0.392. The number of halogens is 2. The van der Waals surface area contributed by atoms with Crippen LogP contribution in [0, 0.1) is 5.92 Å². The number of nitrogens with two attached hydrogens (primary N) is 1. The Labute approximate surface area is 146 Å². The predicted octanol–water partition coefficient (Wildman–Crippen LogP) is 2.45. The van der Waals surface area contributed by atoms with Gasteiger partial charge in [-0.15, -0.1) is 24.8 Å². The summed E-state index contributed by atoms with van der Waals surface area (Å²) in [5.41, 5.74) is 7.11. The van der Waals surface area contributed by atoms with Gasteiger partial charge in [0.2, 0.25) is 5.91 Å². The lowest BCUT2D eigenvalue weighted by atomic mass is 10.0. The molecule has 1 rings (SSSR count). The van der Waals surface area contributed by atoms with Gasteiger partial charge in [-0.1, -0.05) is 44.2 Å². The van der Waals surface area contributed by atoms with Gasteiger partial charge >= 0.3 is 0 Å². The molecule has 0 saturated carbocycles. The Hall–Kier alpha value is -0.810. The Morgan fingerprint density at radius 2 is 1.82 bits per heavy atom. The van der Waals surface area contributed by atoms with Crippen LogP contribution in [-0.4, -0.2) is 37.0 Å². The molecule has 6 heteroatoms. The number of carbonyl (C=O) groups excluding carboxylic acids is 1. The average molecular weight is 350 g/mol. The molecular weight excluding hydrogens is 321 g/mol. The van der Waals surface area contributed by atoms with Gasteiger partial charge in [0.05, 0.1) is 6.04 Å². The molecule has 0 aliphatic rings. The summed E-state index contributed by atoms with van der Waals surface area (Å²) in [6.45, 7) is 6.47. The van der Waals surface area contributed by atoms with E-state index in [1.807, 2.05) is 25.2 Å². The molecule has 128 valence electrons. The van der Waals surface area contributed by atoms with E-state index in [2.05, 4.69) is 36.2 Å². The maximum Gasteiger partial charge on any atom is 0.236 e. The Bertz CT molecular complexity index is 402. The van der Waals surface area contributed by atoms with Gasteiger partial charge in [-0.2, -0.15) is 0 Å². The van der Waals surface area contributed by atoms with Gasteiger partial charge in [-0.05, 0) is 24.9 Å². The first-order valence-electron chi connectivity index (χ1n) is 7.24. The number of hydrogen-bond acceptors (Lipinski definition) is 3. The molecule has 0 fully saturated rings. The van der Waals surface area contributed by atoms with E-state index in [4.69, 9.17) is 5.73 Å². The summed E-state index contributed by atoms with van der Waals surface area (Å²) in [5, 5.41) is 2.90. The van der Waals surface area contributed by atoms with Crippen LogP contribution in [0.2, 0.25) is 0 Å². The van der Waals surface area contributed by atoms with Crippen LogP contribution in [0.3, 0.4) is 0 Å². The van der Waals surface area contributed by atoms with Crippen LogP contribution in [0.25, 0.3) is 0 Å². The van der Waals surface area contributed by atoms with Crippen molar-refractivity contribution >= 4 is 30.7 Å². The number of nitrogens with one attached hydrogen (secondary N) is 1. The second-order valence-electron chi connectivity index (χ2n) is 5.75. The molecule has 3 N–H and O–H groups in total. The number of amides is 1. The Balaban J connectivity index is 0. The molecule has 0 unspecified atom stereocenters. The third-order valence-corrected chi connectivity index (χ3v) is 3.15. The zero-order valence-corrected chi connectivity index (χ0v) is 15.3. The van der Waals surface area contributed by atoms with E-state index < -0.39 is 6.04 Å². The Morgan fingerprint density at radius 3 is 2.36 bits per heavy atom. The molecule has 1 amide bonds. The van der Waals surface area contributed by atoms with Crippen LogP contribution in [0.15, 0.2) is 30.3 Å². The number of likely N-dealkylation sites (N-methyl/N-ethyl adjacent to an activating group) is 1. The minimum Gasteiger partial charge on any atom is -0.353 e. The standard InChI is InChI=1S/C16H27N3O.2ClH/c1-13(2)11-15(17)16(20)18-9-10-19(3)12-14-7-5-4-6-8-14;;/h4-8,13,15H,9-12,17H2,1-3H3,(H,18,20);2*1H/t15-;;/m0../s1. The molecule has 0 aliphatic carbocycles. The molecule has 0 aliphatic heterocycles. The number of benzene rings is 1. The number of rotatable bonds is 8. The lowest BCUT2D eigenvalue weighted by Crippen LogP contribution is -2.43. The highest BCUT2D eigenvalue weighted by atomic mass is 35.5. The zero-order valence-electron chi connectivity index (χ0n) is 13.6. The van der Waals surface area contributed by atoms with Gasteiger partial charge in [0, 0.05) is 19.6 Å². The van der Waals surface area contributed by atoms with Crippen molar-refractivity contribution in [3.05, 3.63) is 35.9 Å². The minimum atomic E-state index is -0.394. The van der Waals surface area contributed by atoms with Gasteiger partial charge in [-0.25, -0.2) is 0 Å². The normalized spacial score (nSPS) is 11.5. The molecule has 0 aromatic heterocycles. The number of nitrogens with zero attached hydrogens (tertiary/aromatic N) is 1. The maximum absolute atomic E-state index is 11.8. The predicted molar refractivity (Wildman–Crippen MR) is 97.7 cm³/mol. The van der Waals surface area contributed by atoms with Crippen molar-refractivity contribution < 1.29 is 4.79 Å². The lowest BCUT2D eigenvalue weighted by Gasteiger charge is -2.18. The van der Waals surface area contributed by atoms with Crippen LogP contribution >= 0.6 is 24.8 Å². The molecule has 0 spiro atoms. The molecule has 0 bridgehead atoms. The smallest absolute Gasteiger partial charge is 0.236 e. The summed E-state index contributed by atoms with van der Waals surface area (Å²) >= 11 is 0. The van der Waals surface area contributed by atoms with Crippen molar-refractivity contribution in [2.75, 3.05) is 20.1 Å². The SMILES string of the molecule is CC(C)C[C@H](N)C(=O)NCCN(C)Cc1ccccc1.Cl.Cl. The van der Waals surface area contributed by atoms with Crippen molar-refractivity contribution in [2.45, 2.75) is 32.9 Å². The van der Waals surface area contributed by atoms with Crippen LogP contribution in [0.5, 0.6) is 0 Å². The topological polar surface area (TPSA) is 58.4 Å². The zero-order chi connectivity index (χ0) is 15.0. The molecule has 1 atom stereocenters. The highest BCUT2D eigenvalue weighted by molar-refractivity contribution is 5.85. The monoisotopic (exact) mass is 349 g/mol. The summed E-state index contributed by atoms with van der Waals surface area (Å²) in [6, 6.07) is 9.90. The van der Waals surface area contributed by atoms with E-state index in [0.29, 0.717) is 12.5 Å². The van der Waals surface area contributed by atoms with E-state index in [-0.39, 0.29) is 30.7 Å². The minimum absolute atomic E-state index is 0. The molecule has 1 aromatic rings. The van der Waals surface area contributed by atoms with Gasteiger partial charge in [-0.3, -0.25) is 4.79 Å². The second kappa shape index (κ2) is 12.7. The molecule has 22 heavy (non-hydrogen) atoms. The van der Waals surface area contributed by atoms with Gasteiger partial charge < -0.3 is 16.0 Å². The molecular formula is C16H29Cl2N3O. The molecule has 4 nitrogen and oxygen atoms in total. The maximum atomic E-state index is 11.8. The van der Waals surface area contributed by atoms with Gasteiger partial charge in [0.1, 0.15) is 0 Å². The van der Waals surface area contributed by atoms with E-state index in [1.165, 1.54) is 5.56 Å². The van der Waals surface area contributed by atoms with E-state index >= 15 is 0 Å². The Kier molecular flexibility index (Phi) is 13.5. The molecule has 0 heterocycles. The molecule has 1 aromatic carbocycles. The summed E-state index contributed by atoms with van der Waals surface area (Å²) in [6.07, 6.45) is 0.728. The molecule has 0 radical (unpaired) electrons. The van der Waals surface area contributed by atoms with E-state index in [9.17, 15) is 4.79 Å². The van der Waals surface area contributed by atoms with Gasteiger partial charge in [0.15, 0.2) is 0 Å². The summed E-state index contributed by atoms with van der Waals surface area (Å²) < 4.78 is 0. The first-order valence-corrected chi connectivity index (χ1v) is 7.24. The van der Waals surface area contributed by atoms with Crippen molar-refractivity contribution in [1.29, 1.82) is 0 Å². The van der Waals surface area contributed by atoms with Crippen LogP contribution in [-0.2, 0) is 11.3 Å². The summed E-state index contributed by atoms with van der Waals surface area (Å²) in [7, 11) is 2.05. The van der Waals surface area contributed by atoms with Crippen molar-refractivity contribution in [1.82, 2.24) is 10.2 Å². The van der Waals surface area contributed by atoms with Crippen molar-refractivity contribution in [2.24, 2.45) is 11.7 Å². The highest BCUT2D eigenvalue weighted by Crippen LogP contribution is 2.03. The van der Waals surface area contributed by atoms with Crippen molar-refractivity contribution in [3.63, 3.8) is 0 Å². The quantitative estimate of drug-likeness (QED) is 0.757. The number of carbonyl (C=O) groups is 1. The molecule has 0 saturated heterocycles. The average Bonchev–Trinajstić information content (AvgIpc) is 2.38. The van der Waals surface area contributed by atoms with E-state index in [0.717, 1.165) is 19.5 Å². The van der Waals surface area contributed by atoms with Crippen LogP contribution in [0.4, 0.5) is 0 Å². The largest absolute Gasteiger partial charge is 0.353 e.